The summed E-state index contributed by atoms with van der Waals surface area (Å²) in [7, 11) is 0. The fraction of sp³-hybridized carbons (Fsp3) is 0.143. The van der Waals surface area contributed by atoms with Gasteiger partial charge in [-0.05, 0) is 42.3 Å². The second kappa shape index (κ2) is 5.88. The molecular formula is C14H12ClFN2O2. The Morgan fingerprint density at radius 1 is 1.30 bits per heavy atom. The van der Waals surface area contributed by atoms with Crippen molar-refractivity contribution < 1.29 is 9.31 Å². The zero-order chi connectivity index (χ0) is 14.7. The van der Waals surface area contributed by atoms with Crippen LogP contribution in [0.5, 0.6) is 0 Å². The number of hydrogen-bond donors (Lipinski definition) is 1. The molecule has 2 rings (SSSR count). The fourth-order valence-corrected chi connectivity index (χ4v) is 2.05. The highest BCUT2D eigenvalue weighted by Gasteiger charge is 2.09. The highest BCUT2D eigenvalue weighted by molar-refractivity contribution is 6.31. The van der Waals surface area contributed by atoms with Crippen LogP contribution in [0.15, 0.2) is 36.4 Å². The van der Waals surface area contributed by atoms with Gasteiger partial charge in [0.1, 0.15) is 5.82 Å². The summed E-state index contributed by atoms with van der Waals surface area (Å²) < 4.78 is 13.0. The number of aryl methyl sites for hydroxylation is 1. The molecule has 0 fully saturated rings. The maximum atomic E-state index is 13.0. The maximum absolute atomic E-state index is 13.0. The van der Waals surface area contributed by atoms with E-state index < -0.39 is 4.92 Å². The summed E-state index contributed by atoms with van der Waals surface area (Å²) in [5.41, 5.74) is 2.27. The van der Waals surface area contributed by atoms with Gasteiger partial charge in [-0.1, -0.05) is 11.6 Å². The Balaban J connectivity index is 2.13. The number of rotatable bonds is 4. The minimum atomic E-state index is -0.493. The number of halogens is 2. The van der Waals surface area contributed by atoms with Crippen molar-refractivity contribution in [2.75, 3.05) is 5.32 Å². The van der Waals surface area contributed by atoms with Gasteiger partial charge >= 0.3 is 0 Å². The molecule has 0 aliphatic rings. The molecule has 20 heavy (non-hydrogen) atoms. The van der Waals surface area contributed by atoms with Crippen LogP contribution in [-0.2, 0) is 6.54 Å². The first-order valence-electron chi connectivity index (χ1n) is 5.90. The highest BCUT2D eigenvalue weighted by atomic mass is 35.5. The Hall–Kier alpha value is -2.14. The molecule has 0 radical (unpaired) electrons. The van der Waals surface area contributed by atoms with E-state index in [0.29, 0.717) is 11.6 Å². The van der Waals surface area contributed by atoms with Crippen LogP contribution in [0.1, 0.15) is 11.1 Å². The fourth-order valence-electron chi connectivity index (χ4n) is 1.81. The van der Waals surface area contributed by atoms with Crippen LogP contribution in [-0.4, -0.2) is 4.92 Å². The second-order valence-corrected chi connectivity index (χ2v) is 4.75. The zero-order valence-corrected chi connectivity index (χ0v) is 11.4. The molecule has 0 aliphatic heterocycles. The van der Waals surface area contributed by atoms with Crippen molar-refractivity contribution in [1.29, 1.82) is 0 Å². The molecule has 0 saturated heterocycles. The lowest BCUT2D eigenvalue weighted by atomic mass is 10.1. The molecule has 0 atom stereocenters. The molecule has 0 saturated carbocycles. The molecule has 0 aromatic heterocycles. The first-order valence-corrected chi connectivity index (χ1v) is 6.28. The predicted octanol–water partition coefficient (Wildman–Crippen LogP) is 4.31. The maximum Gasteiger partial charge on any atom is 0.270 e. The topological polar surface area (TPSA) is 55.2 Å². The third kappa shape index (κ3) is 3.24. The summed E-state index contributed by atoms with van der Waals surface area (Å²) in [4.78, 5) is 10.1. The van der Waals surface area contributed by atoms with E-state index in [0.717, 1.165) is 16.8 Å². The largest absolute Gasteiger partial charge is 0.381 e. The van der Waals surface area contributed by atoms with Crippen LogP contribution in [0.25, 0.3) is 0 Å². The Kier molecular flexibility index (Phi) is 4.20. The number of nitro groups is 1. The predicted molar refractivity (Wildman–Crippen MR) is 76.6 cm³/mol. The summed E-state index contributed by atoms with van der Waals surface area (Å²) in [6, 6.07) is 8.76. The Labute approximate surface area is 120 Å². The van der Waals surface area contributed by atoms with Crippen molar-refractivity contribution >= 4 is 23.0 Å². The summed E-state index contributed by atoms with van der Waals surface area (Å²) >= 11 is 6.00. The molecule has 2 aromatic rings. The lowest BCUT2D eigenvalue weighted by Crippen LogP contribution is -2.02. The van der Waals surface area contributed by atoms with Gasteiger partial charge in [0.15, 0.2) is 0 Å². The zero-order valence-electron chi connectivity index (χ0n) is 10.7. The van der Waals surface area contributed by atoms with Crippen molar-refractivity contribution in [1.82, 2.24) is 0 Å². The number of nitrogens with zero attached hydrogens (tertiary/aromatic N) is 1. The van der Waals surface area contributed by atoms with Crippen LogP contribution >= 0.6 is 11.6 Å². The van der Waals surface area contributed by atoms with Crippen molar-refractivity contribution in [3.05, 3.63) is 68.5 Å². The lowest BCUT2D eigenvalue weighted by Gasteiger charge is -2.10. The Morgan fingerprint density at radius 2 is 2.05 bits per heavy atom. The molecule has 0 aliphatic carbocycles. The van der Waals surface area contributed by atoms with E-state index in [2.05, 4.69) is 5.32 Å². The molecule has 0 heterocycles. The molecule has 0 spiro atoms. The van der Waals surface area contributed by atoms with Gasteiger partial charge in [0.05, 0.1) is 9.95 Å². The van der Waals surface area contributed by atoms with Crippen LogP contribution in [0.4, 0.5) is 15.8 Å². The SMILES string of the molecule is Cc1cc(F)ccc1NCc1ccc([N+](=O)[O-])cc1Cl. The third-order valence-corrected chi connectivity index (χ3v) is 3.26. The second-order valence-electron chi connectivity index (χ2n) is 4.35. The number of nitro benzene ring substituents is 1. The minimum absolute atomic E-state index is 0.0447. The monoisotopic (exact) mass is 294 g/mol. The Morgan fingerprint density at radius 3 is 2.65 bits per heavy atom. The average molecular weight is 295 g/mol. The standard InChI is InChI=1S/C14H12ClFN2O2/c1-9-6-11(16)3-5-14(9)17-8-10-2-4-12(18(19)20)7-13(10)15/h2-7,17H,8H2,1H3. The molecular weight excluding hydrogens is 283 g/mol. The molecule has 4 nitrogen and oxygen atoms in total. The van der Waals surface area contributed by atoms with Gasteiger partial charge in [-0.25, -0.2) is 4.39 Å². The first-order chi connectivity index (χ1) is 9.47. The highest BCUT2D eigenvalue weighted by Crippen LogP contribution is 2.24. The number of anilines is 1. The molecule has 2 aromatic carbocycles. The average Bonchev–Trinajstić information content (AvgIpc) is 2.38. The van der Waals surface area contributed by atoms with Gasteiger partial charge in [-0.2, -0.15) is 0 Å². The third-order valence-electron chi connectivity index (χ3n) is 2.91. The van der Waals surface area contributed by atoms with Crippen LogP contribution in [0.3, 0.4) is 0 Å². The van der Waals surface area contributed by atoms with Gasteiger partial charge in [0, 0.05) is 24.4 Å². The van der Waals surface area contributed by atoms with Gasteiger partial charge in [-0.15, -0.1) is 0 Å². The summed E-state index contributed by atoms with van der Waals surface area (Å²) in [6.45, 7) is 2.20. The lowest BCUT2D eigenvalue weighted by molar-refractivity contribution is -0.384. The van der Waals surface area contributed by atoms with E-state index in [4.69, 9.17) is 11.6 Å². The van der Waals surface area contributed by atoms with Crippen LogP contribution in [0.2, 0.25) is 5.02 Å². The van der Waals surface area contributed by atoms with E-state index in [-0.39, 0.29) is 11.5 Å². The van der Waals surface area contributed by atoms with Crippen molar-refractivity contribution in [3.63, 3.8) is 0 Å². The minimum Gasteiger partial charge on any atom is -0.381 e. The summed E-state index contributed by atoms with van der Waals surface area (Å²) in [6.07, 6.45) is 0. The van der Waals surface area contributed by atoms with Gasteiger partial charge in [0.2, 0.25) is 0 Å². The van der Waals surface area contributed by atoms with Crippen LogP contribution in [0, 0.1) is 22.9 Å². The number of nitrogens with one attached hydrogen (secondary N) is 1. The smallest absolute Gasteiger partial charge is 0.270 e. The normalized spacial score (nSPS) is 10.3. The quantitative estimate of drug-likeness (QED) is 0.675. The van der Waals surface area contributed by atoms with E-state index in [1.54, 1.807) is 19.1 Å². The molecule has 0 amide bonds. The number of non-ortho nitro benzene ring substituents is 1. The first kappa shape index (κ1) is 14.3. The van der Waals surface area contributed by atoms with Crippen molar-refractivity contribution in [2.24, 2.45) is 0 Å². The summed E-state index contributed by atoms with van der Waals surface area (Å²) in [5.74, 6) is -0.290. The number of hydrogen-bond acceptors (Lipinski definition) is 3. The van der Waals surface area contributed by atoms with Crippen molar-refractivity contribution in [3.8, 4) is 0 Å². The van der Waals surface area contributed by atoms with Gasteiger partial charge < -0.3 is 5.32 Å². The van der Waals surface area contributed by atoms with Crippen LogP contribution < -0.4 is 5.32 Å². The van der Waals surface area contributed by atoms with Gasteiger partial charge in [0.25, 0.3) is 5.69 Å². The van der Waals surface area contributed by atoms with E-state index in [9.17, 15) is 14.5 Å². The molecule has 1 N–H and O–H groups in total. The van der Waals surface area contributed by atoms with Gasteiger partial charge in [-0.3, -0.25) is 10.1 Å². The van der Waals surface area contributed by atoms with E-state index in [1.165, 1.54) is 24.3 Å². The summed E-state index contributed by atoms with van der Waals surface area (Å²) in [5, 5.41) is 14.1. The van der Waals surface area contributed by atoms with E-state index >= 15 is 0 Å². The van der Waals surface area contributed by atoms with Crippen molar-refractivity contribution in [2.45, 2.75) is 13.5 Å². The number of benzene rings is 2. The molecule has 0 bridgehead atoms. The molecule has 6 heteroatoms. The van der Waals surface area contributed by atoms with E-state index in [1.807, 2.05) is 0 Å². The Bertz CT molecular complexity index is 662. The molecule has 104 valence electrons. The molecule has 0 unspecified atom stereocenters.